The van der Waals surface area contributed by atoms with E-state index in [-0.39, 0.29) is 17.5 Å². The standard InChI is InChI=1S/C21H20N2O2/c1-14(24)22-20(21(25)23(2)3)13-16-12-15-8-4-5-9-17(15)19-11-7-6-10-18(16)19/h4-13H,1-3H3,(H,22,24)/b20-13-. The maximum absolute atomic E-state index is 12.4. The van der Waals surface area contributed by atoms with Crippen LogP contribution in [0.1, 0.15) is 12.5 Å². The lowest BCUT2D eigenvalue weighted by molar-refractivity contribution is -0.127. The molecule has 0 aliphatic heterocycles. The highest BCUT2D eigenvalue weighted by Gasteiger charge is 2.14. The van der Waals surface area contributed by atoms with Crippen molar-refractivity contribution >= 4 is 39.4 Å². The van der Waals surface area contributed by atoms with Gasteiger partial charge in [0.05, 0.1) is 0 Å². The first-order valence-electron chi connectivity index (χ1n) is 8.09. The Hall–Kier alpha value is -3.14. The van der Waals surface area contributed by atoms with Crippen molar-refractivity contribution in [2.24, 2.45) is 0 Å². The molecule has 2 amide bonds. The summed E-state index contributed by atoms with van der Waals surface area (Å²) in [6.45, 7) is 1.40. The van der Waals surface area contributed by atoms with Crippen LogP contribution < -0.4 is 5.32 Å². The van der Waals surface area contributed by atoms with E-state index in [1.807, 2.05) is 42.5 Å². The number of nitrogens with one attached hydrogen (secondary N) is 1. The topological polar surface area (TPSA) is 49.4 Å². The molecule has 3 aromatic carbocycles. The Labute approximate surface area is 146 Å². The summed E-state index contributed by atoms with van der Waals surface area (Å²) in [6, 6.07) is 18.3. The van der Waals surface area contributed by atoms with Crippen molar-refractivity contribution in [3.8, 4) is 0 Å². The van der Waals surface area contributed by atoms with Gasteiger partial charge in [0.2, 0.25) is 5.91 Å². The SMILES string of the molecule is CC(=O)N/C(=C\c1cc2ccccc2c2ccccc12)C(=O)N(C)C. The molecule has 1 N–H and O–H groups in total. The molecule has 0 aliphatic carbocycles. The molecule has 0 spiro atoms. The van der Waals surface area contributed by atoms with Crippen molar-refractivity contribution in [3.05, 3.63) is 65.9 Å². The molecule has 4 nitrogen and oxygen atoms in total. The van der Waals surface area contributed by atoms with E-state index in [0.717, 1.165) is 27.1 Å². The van der Waals surface area contributed by atoms with Gasteiger partial charge in [-0.25, -0.2) is 0 Å². The third-order valence-electron chi connectivity index (χ3n) is 4.05. The van der Waals surface area contributed by atoms with Crippen LogP contribution in [0, 0.1) is 0 Å². The smallest absolute Gasteiger partial charge is 0.269 e. The van der Waals surface area contributed by atoms with E-state index in [9.17, 15) is 9.59 Å². The van der Waals surface area contributed by atoms with E-state index in [1.165, 1.54) is 11.8 Å². The van der Waals surface area contributed by atoms with Crippen LogP contribution in [0.25, 0.3) is 27.6 Å². The van der Waals surface area contributed by atoms with Crippen molar-refractivity contribution in [2.45, 2.75) is 6.92 Å². The Morgan fingerprint density at radius 1 is 0.920 bits per heavy atom. The summed E-state index contributed by atoms with van der Waals surface area (Å²) in [5, 5.41) is 7.06. The summed E-state index contributed by atoms with van der Waals surface area (Å²) in [7, 11) is 3.33. The Kier molecular flexibility index (Phi) is 4.52. The number of amides is 2. The number of hydrogen-bond acceptors (Lipinski definition) is 2. The Bertz CT molecular complexity index is 1000. The van der Waals surface area contributed by atoms with Gasteiger partial charge in [-0.3, -0.25) is 9.59 Å². The second-order valence-electron chi connectivity index (χ2n) is 6.17. The molecule has 0 atom stereocenters. The Morgan fingerprint density at radius 3 is 2.16 bits per heavy atom. The van der Waals surface area contributed by atoms with Crippen LogP contribution in [-0.2, 0) is 9.59 Å². The molecule has 25 heavy (non-hydrogen) atoms. The van der Waals surface area contributed by atoms with Crippen LogP contribution in [0.3, 0.4) is 0 Å². The van der Waals surface area contributed by atoms with E-state index >= 15 is 0 Å². The predicted molar refractivity (Wildman–Crippen MR) is 102 cm³/mol. The summed E-state index contributed by atoms with van der Waals surface area (Å²) in [6.07, 6.45) is 1.75. The van der Waals surface area contributed by atoms with E-state index in [1.54, 1.807) is 20.2 Å². The summed E-state index contributed by atoms with van der Waals surface area (Å²) in [5.41, 5.74) is 1.16. The largest absolute Gasteiger partial charge is 0.344 e. The second-order valence-corrected chi connectivity index (χ2v) is 6.17. The molecule has 0 bridgehead atoms. The number of rotatable bonds is 3. The zero-order chi connectivity index (χ0) is 18.0. The monoisotopic (exact) mass is 332 g/mol. The highest BCUT2D eigenvalue weighted by Crippen LogP contribution is 2.29. The van der Waals surface area contributed by atoms with Crippen molar-refractivity contribution in [3.63, 3.8) is 0 Å². The second kappa shape index (κ2) is 6.77. The average Bonchev–Trinajstić information content (AvgIpc) is 2.60. The molecule has 126 valence electrons. The first-order valence-corrected chi connectivity index (χ1v) is 8.09. The van der Waals surface area contributed by atoms with Crippen LogP contribution in [0.2, 0.25) is 0 Å². The molecule has 0 aliphatic rings. The quantitative estimate of drug-likeness (QED) is 0.589. The first kappa shape index (κ1) is 16.7. The molecule has 0 saturated heterocycles. The van der Waals surface area contributed by atoms with Gasteiger partial charge in [-0.2, -0.15) is 0 Å². The van der Waals surface area contributed by atoms with Crippen molar-refractivity contribution in [2.75, 3.05) is 14.1 Å². The van der Waals surface area contributed by atoms with E-state index in [4.69, 9.17) is 0 Å². The summed E-state index contributed by atoms with van der Waals surface area (Å²) >= 11 is 0. The summed E-state index contributed by atoms with van der Waals surface area (Å²) in [5.74, 6) is -0.515. The molecule has 0 saturated carbocycles. The van der Waals surface area contributed by atoms with Gasteiger partial charge in [-0.05, 0) is 39.3 Å². The molecule has 0 heterocycles. The van der Waals surface area contributed by atoms with Gasteiger partial charge in [0, 0.05) is 21.0 Å². The number of carbonyl (C=O) groups excluding carboxylic acids is 2. The fourth-order valence-electron chi connectivity index (χ4n) is 2.94. The van der Waals surface area contributed by atoms with Crippen molar-refractivity contribution in [1.82, 2.24) is 10.2 Å². The molecule has 3 rings (SSSR count). The van der Waals surface area contributed by atoms with Crippen LogP contribution in [0.15, 0.2) is 60.3 Å². The van der Waals surface area contributed by atoms with Gasteiger partial charge >= 0.3 is 0 Å². The lowest BCUT2D eigenvalue weighted by Crippen LogP contribution is -2.33. The van der Waals surface area contributed by atoms with Crippen LogP contribution in [-0.4, -0.2) is 30.8 Å². The fourth-order valence-corrected chi connectivity index (χ4v) is 2.94. The van der Waals surface area contributed by atoms with Crippen molar-refractivity contribution in [1.29, 1.82) is 0 Å². The Balaban J connectivity index is 2.27. The highest BCUT2D eigenvalue weighted by atomic mass is 16.2. The van der Waals surface area contributed by atoms with Gasteiger partial charge in [-0.1, -0.05) is 48.5 Å². The third-order valence-corrected chi connectivity index (χ3v) is 4.05. The van der Waals surface area contributed by atoms with Crippen LogP contribution in [0.5, 0.6) is 0 Å². The number of likely N-dealkylation sites (N-methyl/N-ethyl adjacent to an activating group) is 1. The molecular formula is C21H20N2O2. The average molecular weight is 332 g/mol. The number of carbonyl (C=O) groups is 2. The number of fused-ring (bicyclic) bond motifs is 3. The van der Waals surface area contributed by atoms with Crippen molar-refractivity contribution < 1.29 is 9.59 Å². The Morgan fingerprint density at radius 2 is 1.52 bits per heavy atom. The normalized spacial score (nSPS) is 11.6. The number of hydrogen-bond donors (Lipinski definition) is 1. The number of benzene rings is 3. The fraction of sp³-hybridized carbons (Fsp3) is 0.143. The molecule has 0 fully saturated rings. The first-order chi connectivity index (χ1) is 12.0. The zero-order valence-electron chi connectivity index (χ0n) is 14.5. The maximum atomic E-state index is 12.4. The van der Waals surface area contributed by atoms with E-state index < -0.39 is 0 Å². The van der Waals surface area contributed by atoms with Gasteiger partial charge in [0.1, 0.15) is 5.70 Å². The third kappa shape index (κ3) is 3.38. The zero-order valence-corrected chi connectivity index (χ0v) is 14.5. The molecule has 0 radical (unpaired) electrons. The van der Waals surface area contributed by atoms with Crippen LogP contribution >= 0.6 is 0 Å². The van der Waals surface area contributed by atoms with Gasteiger partial charge in [0.25, 0.3) is 5.91 Å². The molecule has 3 aromatic rings. The summed E-state index contributed by atoms with van der Waals surface area (Å²) < 4.78 is 0. The predicted octanol–water partition coefficient (Wildman–Crippen LogP) is 3.56. The van der Waals surface area contributed by atoms with Crippen LogP contribution in [0.4, 0.5) is 0 Å². The molecule has 0 unspecified atom stereocenters. The molecular weight excluding hydrogens is 312 g/mol. The maximum Gasteiger partial charge on any atom is 0.269 e. The van der Waals surface area contributed by atoms with E-state index in [2.05, 4.69) is 17.4 Å². The number of nitrogens with zero attached hydrogens (tertiary/aromatic N) is 1. The summed E-state index contributed by atoms with van der Waals surface area (Å²) in [4.78, 5) is 25.4. The van der Waals surface area contributed by atoms with Gasteiger partial charge in [0.15, 0.2) is 0 Å². The molecule has 4 heteroatoms. The minimum absolute atomic E-state index is 0.243. The van der Waals surface area contributed by atoms with Gasteiger partial charge in [-0.15, -0.1) is 0 Å². The lowest BCUT2D eigenvalue weighted by Gasteiger charge is -2.15. The van der Waals surface area contributed by atoms with Gasteiger partial charge < -0.3 is 10.2 Å². The van der Waals surface area contributed by atoms with E-state index in [0.29, 0.717) is 0 Å². The highest BCUT2D eigenvalue weighted by molar-refractivity contribution is 6.12. The minimum Gasteiger partial charge on any atom is -0.344 e. The minimum atomic E-state index is -0.272. The molecule has 0 aromatic heterocycles. The lowest BCUT2D eigenvalue weighted by atomic mass is 9.96.